The molecule has 6 heteroatoms. The Bertz CT molecular complexity index is 787. The zero-order chi connectivity index (χ0) is 19.3. The zero-order valence-electron chi connectivity index (χ0n) is 16.1. The van der Waals surface area contributed by atoms with Gasteiger partial charge in [-0.3, -0.25) is 10.0 Å². The summed E-state index contributed by atoms with van der Waals surface area (Å²) >= 11 is 0. The van der Waals surface area contributed by atoms with Crippen molar-refractivity contribution in [3.05, 3.63) is 35.7 Å². The summed E-state index contributed by atoms with van der Waals surface area (Å²) in [5, 5.41) is 8.57. The molecule has 1 atom stereocenters. The van der Waals surface area contributed by atoms with E-state index in [2.05, 4.69) is 32.3 Å². The van der Waals surface area contributed by atoms with Crippen LogP contribution in [0, 0.1) is 11.3 Å². The molecule has 2 aromatic rings. The number of hydrogen-bond acceptors (Lipinski definition) is 4. The molecule has 0 aliphatic carbocycles. The van der Waals surface area contributed by atoms with Gasteiger partial charge in [0.05, 0.1) is 11.0 Å². The Balaban J connectivity index is 2.32. The number of hydroxylamine groups is 1. The second-order valence-electron chi connectivity index (χ2n) is 8.10. The predicted molar refractivity (Wildman–Crippen MR) is 105 cm³/mol. The lowest BCUT2D eigenvalue weighted by molar-refractivity contribution is -0.124. The fourth-order valence-corrected chi connectivity index (χ4v) is 3.47. The smallest absolute Gasteiger partial charge is 0.267 e. The van der Waals surface area contributed by atoms with Gasteiger partial charge in [-0.15, -0.1) is 0 Å². The summed E-state index contributed by atoms with van der Waals surface area (Å²) in [4.78, 5) is 16.0. The van der Waals surface area contributed by atoms with Crippen LogP contribution in [-0.4, -0.2) is 27.2 Å². The van der Waals surface area contributed by atoms with E-state index >= 15 is 0 Å². The van der Waals surface area contributed by atoms with Gasteiger partial charge in [0.2, 0.25) is 0 Å². The molecular weight excluding hydrogens is 328 g/mol. The standard InChI is InChI=1S/C20H30N4O2/c1-14(13-20(2,3)4)11-18-22-16-12-15(6-8-19(25)23-26)5-7-17(16)24(18)10-9-21/h5-8,12,14,26H,9-11,13,21H2,1-4H3,(H,23,25)/b8-6+. The van der Waals surface area contributed by atoms with Crippen LogP contribution in [0.3, 0.4) is 0 Å². The fraction of sp³-hybridized carbons (Fsp3) is 0.500. The number of fused-ring (bicyclic) bond motifs is 1. The third-order valence-electron chi connectivity index (χ3n) is 4.23. The Morgan fingerprint density at radius 1 is 1.42 bits per heavy atom. The number of hydrogen-bond donors (Lipinski definition) is 3. The highest BCUT2D eigenvalue weighted by Gasteiger charge is 2.19. The van der Waals surface area contributed by atoms with E-state index in [0.717, 1.165) is 41.8 Å². The van der Waals surface area contributed by atoms with Crippen molar-refractivity contribution >= 4 is 23.0 Å². The second-order valence-corrected chi connectivity index (χ2v) is 8.10. The van der Waals surface area contributed by atoms with Gasteiger partial charge in [0.25, 0.3) is 5.91 Å². The van der Waals surface area contributed by atoms with Crippen LogP contribution in [0.1, 0.15) is 45.5 Å². The summed E-state index contributed by atoms with van der Waals surface area (Å²) in [5.74, 6) is 1.02. The molecule has 26 heavy (non-hydrogen) atoms. The van der Waals surface area contributed by atoms with E-state index in [1.807, 2.05) is 18.2 Å². The number of nitrogens with one attached hydrogen (secondary N) is 1. The largest absolute Gasteiger partial charge is 0.329 e. The van der Waals surface area contributed by atoms with Crippen molar-refractivity contribution in [2.75, 3.05) is 6.54 Å². The average Bonchev–Trinajstić information content (AvgIpc) is 2.87. The fourth-order valence-electron chi connectivity index (χ4n) is 3.47. The summed E-state index contributed by atoms with van der Waals surface area (Å²) < 4.78 is 2.20. The predicted octanol–water partition coefficient (Wildman–Crippen LogP) is 3.13. The number of nitrogens with zero attached hydrogens (tertiary/aromatic N) is 2. The van der Waals surface area contributed by atoms with Gasteiger partial charge in [0.1, 0.15) is 5.82 Å². The lowest BCUT2D eigenvalue weighted by Gasteiger charge is -2.23. The molecule has 0 saturated carbocycles. The lowest BCUT2D eigenvalue weighted by Crippen LogP contribution is -2.17. The van der Waals surface area contributed by atoms with E-state index in [9.17, 15) is 4.79 Å². The molecule has 142 valence electrons. The van der Waals surface area contributed by atoms with Crippen LogP contribution in [0.4, 0.5) is 0 Å². The van der Waals surface area contributed by atoms with Crippen molar-refractivity contribution in [3.8, 4) is 0 Å². The highest BCUT2D eigenvalue weighted by Crippen LogP contribution is 2.27. The maximum Gasteiger partial charge on any atom is 0.267 e. The Labute approximate surface area is 155 Å². The first-order valence-corrected chi connectivity index (χ1v) is 9.05. The molecule has 6 nitrogen and oxygen atoms in total. The minimum Gasteiger partial charge on any atom is -0.329 e. The molecular formula is C20H30N4O2. The average molecular weight is 358 g/mol. The number of nitrogens with two attached hydrogens (primary N) is 1. The number of rotatable bonds is 7. The normalized spacial score (nSPS) is 13.5. The van der Waals surface area contributed by atoms with E-state index in [0.29, 0.717) is 12.5 Å². The van der Waals surface area contributed by atoms with Crippen LogP contribution < -0.4 is 11.2 Å². The number of aromatic nitrogens is 2. The topological polar surface area (TPSA) is 93.2 Å². The molecule has 1 amide bonds. The molecule has 0 aliphatic rings. The highest BCUT2D eigenvalue weighted by atomic mass is 16.5. The third kappa shape index (κ3) is 5.41. The van der Waals surface area contributed by atoms with Gasteiger partial charge in [-0.05, 0) is 41.5 Å². The van der Waals surface area contributed by atoms with E-state index in [-0.39, 0.29) is 5.41 Å². The first-order chi connectivity index (χ1) is 12.2. The van der Waals surface area contributed by atoms with Crippen molar-refractivity contribution in [2.45, 2.75) is 47.1 Å². The molecule has 0 aliphatic heterocycles. The minimum absolute atomic E-state index is 0.287. The molecule has 0 spiro atoms. The summed E-state index contributed by atoms with van der Waals surface area (Å²) in [6.45, 7) is 10.3. The molecule has 0 radical (unpaired) electrons. The summed E-state index contributed by atoms with van der Waals surface area (Å²) in [7, 11) is 0. The molecule has 1 unspecified atom stereocenters. The van der Waals surface area contributed by atoms with E-state index in [4.69, 9.17) is 15.9 Å². The van der Waals surface area contributed by atoms with Crippen LogP contribution >= 0.6 is 0 Å². The Morgan fingerprint density at radius 3 is 2.77 bits per heavy atom. The quantitative estimate of drug-likeness (QED) is 0.403. The molecule has 1 aromatic carbocycles. The van der Waals surface area contributed by atoms with Crippen molar-refractivity contribution in [3.63, 3.8) is 0 Å². The highest BCUT2D eigenvalue weighted by molar-refractivity contribution is 5.91. The van der Waals surface area contributed by atoms with Gasteiger partial charge in [0, 0.05) is 25.6 Å². The zero-order valence-corrected chi connectivity index (χ0v) is 16.1. The van der Waals surface area contributed by atoms with E-state index in [1.54, 1.807) is 11.6 Å². The van der Waals surface area contributed by atoms with Gasteiger partial charge < -0.3 is 10.3 Å². The number of benzene rings is 1. The van der Waals surface area contributed by atoms with Crippen LogP contribution in [0.15, 0.2) is 24.3 Å². The minimum atomic E-state index is -0.560. The van der Waals surface area contributed by atoms with Gasteiger partial charge in [0.15, 0.2) is 0 Å². The van der Waals surface area contributed by atoms with E-state index < -0.39 is 5.91 Å². The lowest BCUT2D eigenvalue weighted by atomic mass is 9.84. The monoisotopic (exact) mass is 358 g/mol. The van der Waals surface area contributed by atoms with Gasteiger partial charge in [-0.2, -0.15) is 0 Å². The molecule has 0 fully saturated rings. The maximum atomic E-state index is 11.1. The van der Waals surface area contributed by atoms with Crippen molar-refractivity contribution < 1.29 is 10.0 Å². The first-order valence-electron chi connectivity index (χ1n) is 9.05. The number of carbonyl (C=O) groups is 1. The van der Waals surface area contributed by atoms with Gasteiger partial charge >= 0.3 is 0 Å². The summed E-state index contributed by atoms with van der Waals surface area (Å²) in [6, 6.07) is 5.88. The number of imidazole rings is 1. The number of amides is 1. The second kappa shape index (κ2) is 8.47. The summed E-state index contributed by atoms with van der Waals surface area (Å²) in [5.41, 5.74) is 10.5. The Hall–Kier alpha value is -2.18. The van der Waals surface area contributed by atoms with Crippen LogP contribution in [0.25, 0.3) is 17.1 Å². The first kappa shape index (κ1) is 20.1. The third-order valence-corrected chi connectivity index (χ3v) is 4.23. The van der Waals surface area contributed by atoms with E-state index in [1.165, 1.54) is 6.08 Å². The van der Waals surface area contributed by atoms with Crippen LogP contribution in [-0.2, 0) is 17.8 Å². The van der Waals surface area contributed by atoms with Crippen LogP contribution in [0.5, 0.6) is 0 Å². The SMILES string of the molecule is CC(Cc1nc2cc(/C=C/C(=O)NO)ccc2n1CCN)CC(C)(C)C. The molecule has 4 N–H and O–H groups in total. The summed E-state index contributed by atoms with van der Waals surface area (Å²) in [6.07, 6.45) is 4.96. The number of carbonyl (C=O) groups excluding carboxylic acids is 1. The van der Waals surface area contributed by atoms with Gasteiger partial charge in [-0.1, -0.05) is 33.8 Å². The molecule has 0 bridgehead atoms. The van der Waals surface area contributed by atoms with Crippen molar-refractivity contribution in [1.29, 1.82) is 0 Å². The molecule has 0 saturated heterocycles. The molecule has 1 aromatic heterocycles. The maximum absolute atomic E-state index is 11.1. The Kier molecular flexibility index (Phi) is 6.56. The van der Waals surface area contributed by atoms with Crippen molar-refractivity contribution in [1.82, 2.24) is 15.0 Å². The molecule has 1 heterocycles. The van der Waals surface area contributed by atoms with Crippen LogP contribution in [0.2, 0.25) is 0 Å². The Morgan fingerprint density at radius 2 is 2.15 bits per heavy atom. The van der Waals surface area contributed by atoms with Gasteiger partial charge in [-0.25, -0.2) is 10.5 Å². The van der Waals surface area contributed by atoms with Crippen molar-refractivity contribution in [2.24, 2.45) is 17.1 Å². The molecule has 2 rings (SSSR count).